The summed E-state index contributed by atoms with van der Waals surface area (Å²) in [6, 6.07) is 6.69. The van der Waals surface area contributed by atoms with E-state index >= 15 is 0 Å². The zero-order valence-corrected chi connectivity index (χ0v) is 13.3. The number of hydrogen-bond donors (Lipinski definition) is 0. The standard InChI is InChI=1S/C17H24N2O/c1-11(2)19-15-8-16(20-6)13(10-18)7-14(15)12(3)9-17(19,4)5/h7-8,11-12H,9H2,1-6H3. The van der Waals surface area contributed by atoms with E-state index in [-0.39, 0.29) is 5.54 Å². The van der Waals surface area contributed by atoms with Crippen molar-refractivity contribution in [3.8, 4) is 11.8 Å². The van der Waals surface area contributed by atoms with Crippen molar-refractivity contribution >= 4 is 5.69 Å². The van der Waals surface area contributed by atoms with E-state index in [1.165, 1.54) is 11.3 Å². The Balaban J connectivity index is 2.68. The van der Waals surface area contributed by atoms with Gasteiger partial charge in [-0.2, -0.15) is 5.26 Å². The summed E-state index contributed by atoms with van der Waals surface area (Å²) < 4.78 is 5.38. The van der Waals surface area contributed by atoms with Gasteiger partial charge in [0.05, 0.1) is 12.7 Å². The second-order valence-corrected chi connectivity index (χ2v) is 6.60. The van der Waals surface area contributed by atoms with Gasteiger partial charge in [-0.1, -0.05) is 6.92 Å². The quantitative estimate of drug-likeness (QED) is 0.814. The molecule has 1 aromatic carbocycles. The molecule has 0 fully saturated rings. The lowest BCUT2D eigenvalue weighted by atomic mass is 9.78. The molecule has 108 valence electrons. The minimum absolute atomic E-state index is 0.111. The molecule has 0 saturated heterocycles. The van der Waals surface area contributed by atoms with Gasteiger partial charge >= 0.3 is 0 Å². The highest BCUT2D eigenvalue weighted by atomic mass is 16.5. The van der Waals surface area contributed by atoms with Crippen LogP contribution >= 0.6 is 0 Å². The molecule has 1 heterocycles. The molecular formula is C17H24N2O. The Kier molecular flexibility index (Phi) is 3.69. The molecule has 3 nitrogen and oxygen atoms in total. The summed E-state index contributed by atoms with van der Waals surface area (Å²) in [5.74, 6) is 1.12. The minimum atomic E-state index is 0.111. The van der Waals surface area contributed by atoms with Gasteiger partial charge in [-0.25, -0.2) is 0 Å². The third kappa shape index (κ3) is 2.24. The number of ether oxygens (including phenoxy) is 1. The summed E-state index contributed by atoms with van der Waals surface area (Å²) in [5.41, 5.74) is 3.20. The molecule has 1 aromatic rings. The molecule has 0 aromatic heterocycles. The Labute approximate surface area is 122 Å². The topological polar surface area (TPSA) is 36.3 Å². The van der Waals surface area contributed by atoms with E-state index in [2.05, 4.69) is 45.6 Å². The summed E-state index contributed by atoms with van der Waals surface area (Å²) in [6.45, 7) is 11.2. The molecule has 0 aliphatic carbocycles. The van der Waals surface area contributed by atoms with Gasteiger partial charge in [-0.3, -0.25) is 0 Å². The van der Waals surface area contributed by atoms with Crippen LogP contribution in [0.5, 0.6) is 5.75 Å². The summed E-state index contributed by atoms with van der Waals surface area (Å²) in [7, 11) is 1.62. The largest absolute Gasteiger partial charge is 0.495 e. The molecular weight excluding hydrogens is 248 g/mol. The first kappa shape index (κ1) is 14.7. The fraction of sp³-hybridized carbons (Fsp3) is 0.588. The zero-order chi connectivity index (χ0) is 15.1. The Morgan fingerprint density at radius 3 is 2.55 bits per heavy atom. The zero-order valence-electron chi connectivity index (χ0n) is 13.3. The number of hydrogen-bond acceptors (Lipinski definition) is 3. The molecule has 1 aliphatic rings. The van der Waals surface area contributed by atoms with Gasteiger partial charge < -0.3 is 9.64 Å². The minimum Gasteiger partial charge on any atom is -0.495 e. The van der Waals surface area contributed by atoms with Crippen LogP contribution in [-0.2, 0) is 0 Å². The molecule has 1 aliphatic heterocycles. The smallest absolute Gasteiger partial charge is 0.138 e. The summed E-state index contributed by atoms with van der Waals surface area (Å²) >= 11 is 0. The summed E-state index contributed by atoms with van der Waals surface area (Å²) in [4.78, 5) is 2.45. The van der Waals surface area contributed by atoms with Crippen LogP contribution in [0.3, 0.4) is 0 Å². The average molecular weight is 272 g/mol. The van der Waals surface area contributed by atoms with Crippen LogP contribution in [-0.4, -0.2) is 18.7 Å². The average Bonchev–Trinajstić information content (AvgIpc) is 2.35. The van der Waals surface area contributed by atoms with E-state index in [1.54, 1.807) is 7.11 Å². The molecule has 20 heavy (non-hydrogen) atoms. The van der Waals surface area contributed by atoms with E-state index in [0.29, 0.717) is 23.3 Å². The molecule has 0 saturated carbocycles. The van der Waals surface area contributed by atoms with Crippen molar-refractivity contribution in [3.63, 3.8) is 0 Å². The molecule has 0 spiro atoms. The van der Waals surface area contributed by atoms with E-state index in [1.807, 2.05) is 12.1 Å². The molecule has 1 atom stereocenters. The maximum atomic E-state index is 9.27. The van der Waals surface area contributed by atoms with Crippen molar-refractivity contribution < 1.29 is 4.74 Å². The maximum absolute atomic E-state index is 9.27. The van der Waals surface area contributed by atoms with Gasteiger partial charge in [0, 0.05) is 23.3 Å². The molecule has 2 rings (SSSR count). The lowest BCUT2D eigenvalue weighted by Gasteiger charge is -2.50. The Morgan fingerprint density at radius 1 is 1.40 bits per heavy atom. The van der Waals surface area contributed by atoms with Crippen LogP contribution in [0.15, 0.2) is 12.1 Å². The van der Waals surface area contributed by atoms with Gasteiger partial charge in [0.2, 0.25) is 0 Å². The summed E-state index contributed by atoms with van der Waals surface area (Å²) in [6.07, 6.45) is 1.09. The highest BCUT2D eigenvalue weighted by Crippen LogP contribution is 2.46. The fourth-order valence-electron chi connectivity index (χ4n) is 3.71. The Bertz CT molecular complexity index is 555. The Hall–Kier alpha value is -1.69. The summed E-state index contributed by atoms with van der Waals surface area (Å²) in [5, 5.41) is 9.27. The Morgan fingerprint density at radius 2 is 2.05 bits per heavy atom. The van der Waals surface area contributed by atoms with Crippen LogP contribution in [0.2, 0.25) is 0 Å². The van der Waals surface area contributed by atoms with Crippen LogP contribution in [0, 0.1) is 11.3 Å². The molecule has 0 amide bonds. The highest BCUT2D eigenvalue weighted by Gasteiger charge is 2.38. The third-order valence-corrected chi connectivity index (χ3v) is 4.23. The van der Waals surface area contributed by atoms with Gasteiger partial charge in [-0.05, 0) is 51.7 Å². The number of fused-ring (bicyclic) bond motifs is 1. The van der Waals surface area contributed by atoms with E-state index in [9.17, 15) is 5.26 Å². The lowest BCUT2D eigenvalue weighted by Crippen LogP contribution is -2.51. The van der Waals surface area contributed by atoms with E-state index in [4.69, 9.17) is 4.74 Å². The van der Waals surface area contributed by atoms with E-state index < -0.39 is 0 Å². The van der Waals surface area contributed by atoms with Crippen molar-refractivity contribution in [2.45, 2.75) is 58.5 Å². The number of benzene rings is 1. The predicted molar refractivity (Wildman–Crippen MR) is 82.4 cm³/mol. The van der Waals surface area contributed by atoms with Crippen molar-refractivity contribution in [2.75, 3.05) is 12.0 Å². The number of nitriles is 1. The van der Waals surface area contributed by atoms with E-state index in [0.717, 1.165) is 6.42 Å². The first-order chi connectivity index (χ1) is 9.31. The maximum Gasteiger partial charge on any atom is 0.138 e. The molecule has 0 bridgehead atoms. The first-order valence-electron chi connectivity index (χ1n) is 7.23. The SMILES string of the molecule is COc1cc2c(cc1C#N)C(C)CC(C)(C)N2C(C)C. The highest BCUT2D eigenvalue weighted by molar-refractivity contribution is 5.66. The number of nitrogens with zero attached hydrogens (tertiary/aromatic N) is 2. The molecule has 3 heteroatoms. The normalized spacial score (nSPS) is 20.5. The van der Waals surface area contributed by atoms with Crippen LogP contribution in [0.1, 0.15) is 58.1 Å². The van der Waals surface area contributed by atoms with Crippen LogP contribution < -0.4 is 9.64 Å². The van der Waals surface area contributed by atoms with Crippen molar-refractivity contribution in [3.05, 3.63) is 23.3 Å². The molecule has 0 radical (unpaired) electrons. The first-order valence-corrected chi connectivity index (χ1v) is 7.23. The third-order valence-electron chi connectivity index (χ3n) is 4.23. The lowest BCUT2D eigenvalue weighted by molar-refractivity contribution is 0.353. The van der Waals surface area contributed by atoms with Gasteiger partial charge in [0.1, 0.15) is 11.8 Å². The second kappa shape index (κ2) is 5.01. The molecule has 1 unspecified atom stereocenters. The van der Waals surface area contributed by atoms with Gasteiger partial charge in [-0.15, -0.1) is 0 Å². The van der Waals surface area contributed by atoms with Gasteiger partial charge in [0.15, 0.2) is 0 Å². The number of rotatable bonds is 2. The van der Waals surface area contributed by atoms with Crippen molar-refractivity contribution in [1.82, 2.24) is 0 Å². The molecule has 0 N–H and O–H groups in total. The van der Waals surface area contributed by atoms with Crippen molar-refractivity contribution in [2.24, 2.45) is 0 Å². The second-order valence-electron chi connectivity index (χ2n) is 6.60. The van der Waals surface area contributed by atoms with Crippen LogP contribution in [0.25, 0.3) is 0 Å². The number of methoxy groups -OCH3 is 1. The van der Waals surface area contributed by atoms with Crippen LogP contribution in [0.4, 0.5) is 5.69 Å². The predicted octanol–water partition coefficient (Wildman–Crippen LogP) is 4.07. The monoisotopic (exact) mass is 272 g/mol. The van der Waals surface area contributed by atoms with Crippen molar-refractivity contribution in [1.29, 1.82) is 5.26 Å². The fourth-order valence-corrected chi connectivity index (χ4v) is 3.71. The van der Waals surface area contributed by atoms with Gasteiger partial charge in [0.25, 0.3) is 0 Å². The number of anilines is 1.